The van der Waals surface area contributed by atoms with E-state index in [1.165, 1.54) is 83.8 Å². The first-order valence-electron chi connectivity index (χ1n) is 9.38. The molecule has 2 saturated heterocycles. The van der Waals surface area contributed by atoms with Crippen LogP contribution in [0.4, 0.5) is 0 Å². The minimum absolute atomic E-state index is 0.224. The molecule has 0 radical (unpaired) electrons. The van der Waals surface area contributed by atoms with E-state index >= 15 is 0 Å². The molecule has 0 aromatic carbocycles. The minimum atomic E-state index is 0.224. The Bertz CT molecular complexity index is 285. The molecular weight excluding hydrogens is 260 g/mol. The van der Waals surface area contributed by atoms with Crippen molar-refractivity contribution in [2.75, 3.05) is 32.7 Å². The van der Waals surface area contributed by atoms with Gasteiger partial charge in [0.1, 0.15) is 0 Å². The first-order chi connectivity index (χ1) is 10.4. The molecule has 1 unspecified atom stereocenters. The molecule has 0 aromatic heterocycles. The van der Waals surface area contributed by atoms with Crippen LogP contribution in [0.15, 0.2) is 0 Å². The number of hydrazine groups is 1. The molecule has 3 rings (SSSR count). The highest BCUT2D eigenvalue weighted by Gasteiger charge is 2.44. The van der Waals surface area contributed by atoms with Crippen LogP contribution in [0.25, 0.3) is 0 Å². The monoisotopic (exact) mass is 294 g/mol. The molecule has 1 saturated carbocycles. The molecule has 3 fully saturated rings. The summed E-state index contributed by atoms with van der Waals surface area (Å²) in [5, 5.41) is 3.57. The van der Waals surface area contributed by atoms with Gasteiger partial charge in [0.2, 0.25) is 0 Å². The van der Waals surface area contributed by atoms with E-state index in [9.17, 15) is 0 Å². The fraction of sp³-hybridized carbons (Fsp3) is 1.00. The van der Waals surface area contributed by atoms with Crippen molar-refractivity contribution < 1.29 is 0 Å². The van der Waals surface area contributed by atoms with Crippen LogP contribution in [0.2, 0.25) is 0 Å². The fourth-order valence-electron chi connectivity index (χ4n) is 4.70. The fourth-order valence-corrected chi connectivity index (χ4v) is 4.70. The largest absolute Gasteiger partial charge is 0.315 e. The molecule has 4 heteroatoms. The molecule has 0 amide bonds. The van der Waals surface area contributed by atoms with E-state index in [0.29, 0.717) is 0 Å². The topological polar surface area (TPSA) is 39.3 Å². The minimum Gasteiger partial charge on any atom is -0.315 e. The highest BCUT2D eigenvalue weighted by molar-refractivity contribution is 4.96. The Hall–Kier alpha value is -0.160. The average Bonchev–Trinajstić information content (AvgIpc) is 2.77. The van der Waals surface area contributed by atoms with Crippen molar-refractivity contribution in [2.45, 2.75) is 69.9 Å². The number of nitrogens with zero attached hydrogens (tertiary/aromatic N) is 1. The van der Waals surface area contributed by atoms with Gasteiger partial charge in [0.25, 0.3) is 0 Å². The Morgan fingerprint density at radius 2 is 1.57 bits per heavy atom. The SMILES string of the molecule is C1CCCC(C2(N3CCCNCC3)CCCNN2)CCC1. The van der Waals surface area contributed by atoms with Gasteiger partial charge in [0.15, 0.2) is 0 Å². The summed E-state index contributed by atoms with van der Waals surface area (Å²) in [5.41, 5.74) is 7.53. The van der Waals surface area contributed by atoms with Crippen LogP contribution < -0.4 is 16.2 Å². The van der Waals surface area contributed by atoms with Crippen LogP contribution in [0.1, 0.15) is 64.2 Å². The Morgan fingerprint density at radius 3 is 2.33 bits per heavy atom. The molecule has 0 aromatic rings. The molecule has 2 heterocycles. The van der Waals surface area contributed by atoms with E-state index < -0.39 is 0 Å². The van der Waals surface area contributed by atoms with Gasteiger partial charge < -0.3 is 5.32 Å². The summed E-state index contributed by atoms with van der Waals surface area (Å²) in [4.78, 5) is 2.78. The second-order valence-corrected chi connectivity index (χ2v) is 7.21. The third-order valence-electron chi connectivity index (χ3n) is 5.85. The Labute approximate surface area is 130 Å². The summed E-state index contributed by atoms with van der Waals surface area (Å²) < 4.78 is 0. The number of rotatable bonds is 2. The maximum absolute atomic E-state index is 3.80. The molecule has 21 heavy (non-hydrogen) atoms. The lowest BCUT2D eigenvalue weighted by molar-refractivity contribution is -0.0405. The van der Waals surface area contributed by atoms with E-state index in [2.05, 4.69) is 21.1 Å². The third-order valence-corrected chi connectivity index (χ3v) is 5.85. The van der Waals surface area contributed by atoms with Crippen LogP contribution >= 0.6 is 0 Å². The van der Waals surface area contributed by atoms with Crippen molar-refractivity contribution in [3.63, 3.8) is 0 Å². The van der Waals surface area contributed by atoms with Gasteiger partial charge in [0.05, 0.1) is 5.66 Å². The molecule has 4 nitrogen and oxygen atoms in total. The average molecular weight is 294 g/mol. The zero-order valence-electron chi connectivity index (χ0n) is 13.6. The smallest absolute Gasteiger partial charge is 0.0871 e. The van der Waals surface area contributed by atoms with Crippen molar-refractivity contribution in [3.05, 3.63) is 0 Å². The number of hydrogen-bond acceptors (Lipinski definition) is 4. The molecule has 1 atom stereocenters. The number of nitrogens with one attached hydrogen (secondary N) is 3. The highest BCUT2D eigenvalue weighted by Crippen LogP contribution is 2.37. The van der Waals surface area contributed by atoms with Crippen molar-refractivity contribution in [3.8, 4) is 0 Å². The van der Waals surface area contributed by atoms with Crippen molar-refractivity contribution in [2.24, 2.45) is 5.92 Å². The maximum Gasteiger partial charge on any atom is 0.0871 e. The lowest BCUT2D eigenvalue weighted by Crippen LogP contribution is -2.69. The van der Waals surface area contributed by atoms with Crippen LogP contribution in [0, 0.1) is 5.92 Å². The third kappa shape index (κ3) is 3.79. The highest BCUT2D eigenvalue weighted by atomic mass is 15.5. The summed E-state index contributed by atoms with van der Waals surface area (Å²) in [6.45, 7) is 5.91. The van der Waals surface area contributed by atoms with Crippen molar-refractivity contribution in [1.29, 1.82) is 0 Å². The molecule has 1 aliphatic carbocycles. The van der Waals surface area contributed by atoms with Gasteiger partial charge in [-0.15, -0.1) is 0 Å². The predicted octanol–water partition coefficient (Wildman–Crippen LogP) is 2.23. The standard InChI is InChI=1S/C17H34N4/c1-2-4-8-16(9-5-3-1)17(10-6-12-19-20-17)21-14-7-11-18-13-15-21/h16,18-20H,1-15H2. The summed E-state index contributed by atoms with van der Waals surface area (Å²) in [5.74, 6) is 0.823. The Morgan fingerprint density at radius 1 is 0.762 bits per heavy atom. The lowest BCUT2D eigenvalue weighted by Gasteiger charge is -2.52. The van der Waals surface area contributed by atoms with Crippen LogP contribution in [0.5, 0.6) is 0 Å². The zero-order valence-corrected chi connectivity index (χ0v) is 13.6. The molecule has 0 bridgehead atoms. The molecule has 3 N–H and O–H groups in total. The van der Waals surface area contributed by atoms with E-state index in [4.69, 9.17) is 0 Å². The molecule has 2 aliphatic heterocycles. The Kier molecular flexibility index (Phi) is 5.92. The summed E-state index contributed by atoms with van der Waals surface area (Å²) in [6, 6.07) is 0. The van der Waals surface area contributed by atoms with E-state index in [-0.39, 0.29) is 5.66 Å². The van der Waals surface area contributed by atoms with Crippen LogP contribution in [0.3, 0.4) is 0 Å². The maximum atomic E-state index is 3.80. The van der Waals surface area contributed by atoms with Gasteiger partial charge >= 0.3 is 0 Å². The second kappa shape index (κ2) is 7.91. The first-order valence-corrected chi connectivity index (χ1v) is 9.38. The van der Waals surface area contributed by atoms with Crippen LogP contribution in [-0.4, -0.2) is 43.3 Å². The van der Waals surface area contributed by atoms with Crippen molar-refractivity contribution in [1.82, 2.24) is 21.1 Å². The summed E-state index contributed by atoms with van der Waals surface area (Å²) in [6.07, 6.45) is 14.0. The van der Waals surface area contributed by atoms with Gasteiger partial charge in [0, 0.05) is 26.2 Å². The van der Waals surface area contributed by atoms with Crippen LogP contribution in [-0.2, 0) is 0 Å². The number of hydrogen-bond donors (Lipinski definition) is 3. The molecule has 122 valence electrons. The summed E-state index contributed by atoms with van der Waals surface area (Å²) in [7, 11) is 0. The van der Waals surface area contributed by atoms with E-state index in [0.717, 1.165) is 19.0 Å². The van der Waals surface area contributed by atoms with Gasteiger partial charge in [-0.2, -0.15) is 0 Å². The van der Waals surface area contributed by atoms with Gasteiger partial charge in [-0.1, -0.05) is 32.1 Å². The van der Waals surface area contributed by atoms with Gasteiger partial charge in [-0.25, -0.2) is 5.43 Å². The zero-order chi connectivity index (χ0) is 14.4. The first kappa shape index (κ1) is 15.7. The Balaban J connectivity index is 1.76. The molecular formula is C17H34N4. The van der Waals surface area contributed by atoms with E-state index in [1.54, 1.807) is 0 Å². The summed E-state index contributed by atoms with van der Waals surface area (Å²) >= 11 is 0. The van der Waals surface area contributed by atoms with E-state index in [1.807, 2.05) is 0 Å². The molecule has 3 aliphatic rings. The second-order valence-electron chi connectivity index (χ2n) is 7.21. The predicted molar refractivity (Wildman–Crippen MR) is 88.0 cm³/mol. The van der Waals surface area contributed by atoms with Crippen molar-refractivity contribution >= 4 is 0 Å². The van der Waals surface area contributed by atoms with Gasteiger partial charge in [-0.3, -0.25) is 10.3 Å². The normalized spacial score (nSPS) is 34.9. The van der Waals surface area contributed by atoms with Gasteiger partial charge in [-0.05, 0) is 44.6 Å². The lowest BCUT2D eigenvalue weighted by atomic mass is 9.77. The molecule has 0 spiro atoms. The quantitative estimate of drug-likeness (QED) is 0.730.